The van der Waals surface area contributed by atoms with Gasteiger partial charge in [-0.3, -0.25) is 0 Å². The van der Waals surface area contributed by atoms with Crippen LogP contribution in [-0.4, -0.2) is 66.6 Å². The third kappa shape index (κ3) is 7.08. The molecule has 60 valence electrons. The van der Waals surface area contributed by atoms with Crippen LogP contribution in [0.15, 0.2) is 0 Å². The molecule has 6 nitrogen and oxygen atoms in total. The average Bonchev–Trinajstić information content (AvgIpc) is 1.81. The van der Waals surface area contributed by atoms with E-state index < -0.39 is 26.9 Å². The molecule has 2 atom stereocenters. The number of hydrogen-bond donors (Lipinski definition) is 2. The summed E-state index contributed by atoms with van der Waals surface area (Å²) >= 11 is 0. The van der Waals surface area contributed by atoms with Crippen molar-refractivity contribution in [3.05, 3.63) is 0 Å². The van der Waals surface area contributed by atoms with E-state index in [2.05, 4.69) is 4.52 Å². The minimum absolute atomic E-state index is 0. The summed E-state index contributed by atoms with van der Waals surface area (Å²) in [6.45, 7) is -0.862. The third-order valence-electron chi connectivity index (χ3n) is 0.655. The predicted octanol–water partition coefficient (Wildman–Crippen LogP) is -1.91. The van der Waals surface area contributed by atoms with Crippen LogP contribution in [0.4, 0.5) is 0 Å². The van der Waals surface area contributed by atoms with Crippen LogP contribution in [0.3, 0.4) is 0 Å². The first-order valence-corrected chi connectivity index (χ1v) is 3.32. The second-order valence-corrected chi connectivity index (χ2v) is 2.00. The molecule has 0 spiro atoms. The van der Waals surface area contributed by atoms with Gasteiger partial charge in [-0.2, -0.15) is 0 Å². The fourth-order valence-electron chi connectivity index (χ4n) is 0.260. The molecule has 0 aromatic rings. The molecule has 2 N–H and O–H groups in total. The summed E-state index contributed by atoms with van der Waals surface area (Å²) in [5.74, 6) is -1.51. The molecule has 0 saturated carbocycles. The molecule has 8 heteroatoms. The van der Waals surface area contributed by atoms with Crippen molar-refractivity contribution >= 4 is 52.0 Å². The Morgan fingerprint density at radius 3 is 2.27 bits per heavy atom. The Morgan fingerprint density at radius 2 is 2.18 bits per heavy atom. The largest absolute Gasteiger partial charge is 0.566 e. The smallest absolute Gasteiger partial charge is 0.489 e. The van der Waals surface area contributed by atoms with Gasteiger partial charge in [-0.05, 0) is 4.57 Å². The van der Waals surface area contributed by atoms with Crippen molar-refractivity contribution in [1.82, 2.24) is 0 Å². The zero-order valence-corrected chi connectivity index (χ0v) is 8.57. The first-order valence-electron chi connectivity index (χ1n) is 2.22. The summed E-state index contributed by atoms with van der Waals surface area (Å²) in [5, 5.41) is 16.2. The van der Waals surface area contributed by atoms with Crippen LogP contribution >= 0.6 is 8.25 Å². The van der Waals surface area contributed by atoms with E-state index in [9.17, 15) is 14.3 Å². The van der Waals surface area contributed by atoms with E-state index in [1.165, 1.54) is 0 Å². The molecule has 0 aliphatic carbocycles. The topological polar surface area (TPSA) is 107 Å². The van der Waals surface area contributed by atoms with Crippen LogP contribution in [0.1, 0.15) is 0 Å². The summed E-state index contributed by atoms with van der Waals surface area (Å²) < 4.78 is 13.5. The van der Waals surface area contributed by atoms with Crippen molar-refractivity contribution in [2.75, 3.05) is 6.61 Å². The van der Waals surface area contributed by atoms with Gasteiger partial charge >= 0.3 is 14.2 Å². The van der Waals surface area contributed by atoms with E-state index in [0.29, 0.717) is 0 Å². The van der Waals surface area contributed by atoms with Gasteiger partial charge in [0.05, 0.1) is 6.61 Å². The molecule has 0 bridgehead atoms. The fourth-order valence-corrected chi connectivity index (χ4v) is 0.625. The quantitative estimate of drug-likeness (QED) is 0.412. The molecule has 0 fully saturated rings. The van der Waals surface area contributed by atoms with Gasteiger partial charge in [0, 0.05) is 37.7 Å². The van der Waals surface area contributed by atoms with Gasteiger partial charge in [-0.15, -0.1) is 4.52 Å². The molecule has 0 heterocycles. The van der Waals surface area contributed by atoms with E-state index in [-0.39, 0.29) is 37.7 Å². The number of aliphatic hydroxyl groups is 1. The van der Waals surface area contributed by atoms with E-state index >= 15 is 0 Å². The molecule has 11 heavy (non-hydrogen) atoms. The van der Waals surface area contributed by atoms with Crippen molar-refractivity contribution in [2.45, 2.75) is 6.10 Å². The van der Waals surface area contributed by atoms with Crippen LogP contribution in [0.2, 0.25) is 0 Å². The maximum Gasteiger partial charge on any atom is 0.489 e. The maximum atomic E-state index is 9.91. The minimum atomic E-state index is -3.22. The molecule has 0 rings (SSSR count). The molecule has 0 aromatic heterocycles. The fraction of sp³-hybridized carbons (Fsp3) is 0.667. The molecule has 0 amide bonds. The normalized spacial score (nSPS) is 13.1. The summed E-state index contributed by atoms with van der Waals surface area (Å²) in [6, 6.07) is 0. The van der Waals surface area contributed by atoms with Crippen molar-refractivity contribution in [1.29, 1.82) is 0 Å². The van der Waals surface area contributed by atoms with Crippen LogP contribution in [0, 0.1) is 0 Å². The Balaban J connectivity index is 0. The number of aliphatic carboxylic acids is 1. The number of carboxylic acids is 1. The van der Waals surface area contributed by atoms with Crippen molar-refractivity contribution in [2.24, 2.45) is 0 Å². The first-order chi connectivity index (χ1) is 4.57. The number of rotatable bonds is 4. The van der Waals surface area contributed by atoms with Gasteiger partial charge in [-0.1, -0.05) is 0 Å². The van der Waals surface area contributed by atoms with Crippen LogP contribution in [0.5, 0.6) is 0 Å². The van der Waals surface area contributed by atoms with Crippen molar-refractivity contribution in [3.63, 3.8) is 0 Å². The number of hydrogen-bond acceptors (Lipinski definition) is 5. The summed E-state index contributed by atoms with van der Waals surface area (Å²) in [4.78, 5) is 19.6. The van der Waals surface area contributed by atoms with Gasteiger partial charge in [0.15, 0.2) is 0 Å². The predicted molar refractivity (Wildman–Crippen MR) is 33.0 cm³/mol. The van der Waals surface area contributed by atoms with Crippen LogP contribution < -0.4 is 4.89 Å². The van der Waals surface area contributed by atoms with Gasteiger partial charge in [-0.25, -0.2) is 4.79 Å². The van der Waals surface area contributed by atoms with Crippen molar-refractivity contribution < 1.29 is 29.0 Å². The molecular weight excluding hydrogens is 203 g/mol. The number of aliphatic hydroxyl groups excluding tert-OH is 1. The number of carbonyl (C=O) groups is 1. The Morgan fingerprint density at radius 1 is 1.73 bits per heavy atom. The first kappa shape index (κ1) is 14.2. The Kier molecular flexibility index (Phi) is 9.54. The van der Waals surface area contributed by atoms with Crippen LogP contribution in [-0.2, 0) is 13.9 Å². The number of carboxylic acid groups (broad SMARTS) is 1. The zero-order valence-electron chi connectivity index (χ0n) is 5.47. The monoisotopic (exact) mass is 208 g/mol. The molecule has 0 aliphatic rings. The molecule has 2 unspecified atom stereocenters. The second kappa shape index (κ2) is 7.36. The average molecular weight is 208 g/mol. The Bertz CT molecular complexity index is 149. The zero-order chi connectivity index (χ0) is 8.15. The van der Waals surface area contributed by atoms with E-state index in [0.717, 1.165) is 0 Å². The summed E-state index contributed by atoms with van der Waals surface area (Å²) in [6.07, 6.45) is -1.68. The van der Waals surface area contributed by atoms with E-state index in [4.69, 9.17) is 10.2 Å². The Labute approximate surface area is 93.1 Å². The Hall–Kier alpha value is 0.710. The second-order valence-electron chi connectivity index (χ2n) is 1.34. The minimum Gasteiger partial charge on any atom is -0.566 e. The third-order valence-corrected chi connectivity index (χ3v) is 1.08. The molecule has 2 radical (unpaired) electrons. The van der Waals surface area contributed by atoms with Crippen molar-refractivity contribution in [3.8, 4) is 0 Å². The SMILES string of the molecule is O=C(O)C(CO)O[P+](=O)[O-].[Ca]. The van der Waals surface area contributed by atoms with Gasteiger partial charge in [0.2, 0.25) is 6.10 Å². The van der Waals surface area contributed by atoms with Gasteiger partial charge in [0.1, 0.15) is 0 Å². The molecular formula is C3H5CaO6P. The van der Waals surface area contributed by atoms with E-state index in [1.807, 2.05) is 0 Å². The molecule has 0 saturated heterocycles. The summed E-state index contributed by atoms with van der Waals surface area (Å²) in [5.41, 5.74) is 0. The van der Waals surface area contributed by atoms with Gasteiger partial charge < -0.3 is 15.1 Å². The maximum absolute atomic E-state index is 9.91. The van der Waals surface area contributed by atoms with Crippen LogP contribution in [0.25, 0.3) is 0 Å². The van der Waals surface area contributed by atoms with E-state index in [1.54, 1.807) is 0 Å². The molecule has 0 aliphatic heterocycles. The molecule has 0 aromatic carbocycles. The standard InChI is InChI=1S/C3H5O6P.Ca/c4-1-2(3(5)6)9-10(7)8;/h2,4H,1H2,(H,5,6);. The summed E-state index contributed by atoms with van der Waals surface area (Å²) in [7, 11) is -3.22. The van der Waals surface area contributed by atoms with Gasteiger partial charge in [0.25, 0.3) is 0 Å².